The Balaban J connectivity index is 2.00. The summed E-state index contributed by atoms with van der Waals surface area (Å²) >= 11 is 0. The van der Waals surface area contributed by atoms with Crippen LogP contribution in [-0.4, -0.2) is 23.5 Å². The van der Waals surface area contributed by atoms with Gasteiger partial charge in [0.1, 0.15) is 5.58 Å². The number of aliphatic carboxylic acids is 1. The van der Waals surface area contributed by atoms with E-state index in [1.165, 1.54) is 0 Å². The van der Waals surface area contributed by atoms with Crippen LogP contribution in [0.15, 0.2) is 22.8 Å². The largest absolute Gasteiger partial charge is 0.481 e. The van der Waals surface area contributed by atoms with Crippen LogP contribution in [0.5, 0.6) is 0 Å². The highest BCUT2D eigenvalue weighted by molar-refractivity contribution is 5.89. The number of carbonyl (C=O) groups excluding carboxylic acids is 1. The molecular weight excluding hydrogens is 282 g/mol. The van der Waals surface area contributed by atoms with E-state index in [0.717, 1.165) is 27.7 Å². The Morgan fingerprint density at radius 3 is 2.73 bits per heavy atom. The fourth-order valence-electron chi connectivity index (χ4n) is 2.42. The van der Waals surface area contributed by atoms with Crippen LogP contribution >= 0.6 is 0 Å². The number of aryl methyl sites for hydroxylation is 2. The van der Waals surface area contributed by atoms with Gasteiger partial charge in [0.2, 0.25) is 5.91 Å². The Bertz CT molecular complexity index is 702. The summed E-state index contributed by atoms with van der Waals surface area (Å²) in [5.41, 5.74) is 3.91. The summed E-state index contributed by atoms with van der Waals surface area (Å²) in [6, 6.07) is 3.99. The van der Waals surface area contributed by atoms with Gasteiger partial charge >= 0.3 is 5.97 Å². The zero-order valence-electron chi connectivity index (χ0n) is 13.1. The molecule has 0 radical (unpaired) electrons. The maximum Gasteiger partial charge on any atom is 0.303 e. The number of carboxylic acid groups (broad SMARTS) is 1. The summed E-state index contributed by atoms with van der Waals surface area (Å²) in [5, 5.41) is 12.4. The average Bonchev–Trinajstić information content (AvgIpc) is 2.84. The van der Waals surface area contributed by atoms with Gasteiger partial charge in [0, 0.05) is 23.9 Å². The zero-order chi connectivity index (χ0) is 16.3. The Morgan fingerprint density at radius 2 is 2.05 bits per heavy atom. The van der Waals surface area contributed by atoms with Crippen LogP contribution in [0.3, 0.4) is 0 Å². The van der Waals surface area contributed by atoms with Crippen LogP contribution in [0.1, 0.15) is 30.0 Å². The van der Waals surface area contributed by atoms with Gasteiger partial charge in [-0.05, 0) is 30.9 Å². The van der Waals surface area contributed by atoms with Gasteiger partial charge in [0.25, 0.3) is 0 Å². The first-order valence-corrected chi connectivity index (χ1v) is 7.33. The lowest BCUT2D eigenvalue weighted by Crippen LogP contribution is -2.30. The molecule has 1 heterocycles. The average molecular weight is 303 g/mol. The van der Waals surface area contributed by atoms with Crippen LogP contribution < -0.4 is 5.32 Å². The molecule has 5 nitrogen and oxygen atoms in total. The SMILES string of the molecule is Cc1ccc2c(CC(=O)NCC(C)CC(=O)O)coc2c1C. The second-order valence-electron chi connectivity index (χ2n) is 5.83. The first-order valence-electron chi connectivity index (χ1n) is 7.33. The number of amides is 1. The lowest BCUT2D eigenvalue weighted by Gasteiger charge is -2.10. The highest BCUT2D eigenvalue weighted by Gasteiger charge is 2.14. The Kier molecular flexibility index (Phi) is 4.85. The van der Waals surface area contributed by atoms with Crippen molar-refractivity contribution in [2.75, 3.05) is 6.54 Å². The quantitative estimate of drug-likeness (QED) is 0.860. The molecule has 2 aromatic rings. The molecular formula is C17H21NO4. The summed E-state index contributed by atoms with van der Waals surface area (Å²) in [4.78, 5) is 22.6. The molecule has 0 saturated carbocycles. The predicted molar refractivity (Wildman–Crippen MR) is 83.8 cm³/mol. The van der Waals surface area contributed by atoms with Gasteiger partial charge < -0.3 is 14.8 Å². The van der Waals surface area contributed by atoms with E-state index in [1.54, 1.807) is 13.2 Å². The monoisotopic (exact) mass is 303 g/mol. The van der Waals surface area contributed by atoms with Crippen molar-refractivity contribution in [1.29, 1.82) is 0 Å². The van der Waals surface area contributed by atoms with Crippen molar-refractivity contribution < 1.29 is 19.1 Å². The number of hydrogen-bond acceptors (Lipinski definition) is 3. The molecule has 2 N–H and O–H groups in total. The fourth-order valence-corrected chi connectivity index (χ4v) is 2.42. The van der Waals surface area contributed by atoms with Crippen molar-refractivity contribution in [3.05, 3.63) is 35.1 Å². The van der Waals surface area contributed by atoms with Crippen LogP contribution in [0.4, 0.5) is 0 Å². The molecule has 2 rings (SSSR count). The molecule has 0 fully saturated rings. The molecule has 1 atom stereocenters. The summed E-state index contributed by atoms with van der Waals surface area (Å²) in [5.74, 6) is -1.07. The molecule has 0 aliphatic rings. The van der Waals surface area contributed by atoms with Gasteiger partial charge in [-0.15, -0.1) is 0 Å². The van der Waals surface area contributed by atoms with Gasteiger partial charge in [-0.3, -0.25) is 9.59 Å². The van der Waals surface area contributed by atoms with E-state index in [4.69, 9.17) is 9.52 Å². The first-order chi connectivity index (χ1) is 10.4. The molecule has 5 heteroatoms. The van der Waals surface area contributed by atoms with E-state index in [2.05, 4.69) is 5.32 Å². The van der Waals surface area contributed by atoms with E-state index < -0.39 is 5.97 Å². The second-order valence-corrected chi connectivity index (χ2v) is 5.83. The van der Waals surface area contributed by atoms with Gasteiger partial charge in [0.15, 0.2) is 0 Å². The van der Waals surface area contributed by atoms with Gasteiger partial charge in [0.05, 0.1) is 12.7 Å². The highest BCUT2D eigenvalue weighted by atomic mass is 16.4. The molecule has 0 bridgehead atoms. The second kappa shape index (κ2) is 6.64. The molecule has 1 amide bonds. The van der Waals surface area contributed by atoms with Crippen molar-refractivity contribution in [3.8, 4) is 0 Å². The summed E-state index contributed by atoms with van der Waals surface area (Å²) in [7, 11) is 0. The lowest BCUT2D eigenvalue weighted by atomic mass is 10.0. The number of carboxylic acids is 1. The van der Waals surface area contributed by atoms with E-state index in [1.807, 2.05) is 26.0 Å². The zero-order valence-corrected chi connectivity index (χ0v) is 13.1. The van der Waals surface area contributed by atoms with Gasteiger partial charge in [-0.1, -0.05) is 19.1 Å². The number of hydrogen-bond donors (Lipinski definition) is 2. The molecule has 0 aliphatic heterocycles. The van der Waals surface area contributed by atoms with Crippen molar-refractivity contribution in [1.82, 2.24) is 5.32 Å². The Hall–Kier alpha value is -2.30. The Morgan fingerprint density at radius 1 is 1.32 bits per heavy atom. The first kappa shape index (κ1) is 16.1. The minimum absolute atomic E-state index is 0.0490. The summed E-state index contributed by atoms with van der Waals surface area (Å²) in [6.45, 7) is 6.18. The fraction of sp³-hybridized carbons (Fsp3) is 0.412. The van der Waals surface area contributed by atoms with Crippen LogP contribution in [0.25, 0.3) is 11.0 Å². The van der Waals surface area contributed by atoms with Crippen LogP contribution in [0, 0.1) is 19.8 Å². The smallest absolute Gasteiger partial charge is 0.303 e. The number of benzene rings is 1. The highest BCUT2D eigenvalue weighted by Crippen LogP contribution is 2.26. The predicted octanol–water partition coefficient (Wildman–Crippen LogP) is 2.82. The normalized spacial score (nSPS) is 12.3. The van der Waals surface area contributed by atoms with E-state index in [0.29, 0.717) is 6.54 Å². The Labute approximate surface area is 129 Å². The van der Waals surface area contributed by atoms with Gasteiger partial charge in [-0.2, -0.15) is 0 Å². The van der Waals surface area contributed by atoms with Crippen molar-refractivity contribution in [2.24, 2.45) is 5.92 Å². The minimum Gasteiger partial charge on any atom is -0.481 e. The van der Waals surface area contributed by atoms with Gasteiger partial charge in [-0.25, -0.2) is 0 Å². The third-order valence-electron chi connectivity index (χ3n) is 3.86. The summed E-state index contributed by atoms with van der Waals surface area (Å²) < 4.78 is 5.58. The topological polar surface area (TPSA) is 79.5 Å². The minimum atomic E-state index is -0.853. The molecule has 0 aliphatic carbocycles. The van der Waals surface area contributed by atoms with Crippen molar-refractivity contribution in [3.63, 3.8) is 0 Å². The number of carbonyl (C=O) groups is 2. The molecule has 118 valence electrons. The van der Waals surface area contributed by atoms with Crippen molar-refractivity contribution in [2.45, 2.75) is 33.6 Å². The summed E-state index contributed by atoms with van der Waals surface area (Å²) in [6.07, 6.45) is 1.90. The molecule has 0 spiro atoms. The maximum absolute atomic E-state index is 12.0. The molecule has 22 heavy (non-hydrogen) atoms. The van der Waals surface area contributed by atoms with E-state index in [-0.39, 0.29) is 24.7 Å². The number of rotatable bonds is 6. The third-order valence-corrected chi connectivity index (χ3v) is 3.86. The molecule has 1 unspecified atom stereocenters. The van der Waals surface area contributed by atoms with E-state index >= 15 is 0 Å². The number of nitrogens with one attached hydrogen (secondary N) is 1. The van der Waals surface area contributed by atoms with E-state index in [9.17, 15) is 9.59 Å². The third kappa shape index (κ3) is 3.67. The van der Waals surface area contributed by atoms with Crippen molar-refractivity contribution >= 4 is 22.8 Å². The van der Waals surface area contributed by atoms with Crippen LogP contribution in [-0.2, 0) is 16.0 Å². The molecule has 1 aromatic heterocycles. The molecule has 0 saturated heterocycles. The number of furan rings is 1. The maximum atomic E-state index is 12.0. The standard InChI is InChI=1S/C17H21NO4/c1-10(6-16(20)21)8-18-15(19)7-13-9-22-17-12(3)11(2)4-5-14(13)17/h4-5,9-10H,6-8H2,1-3H3,(H,18,19)(H,20,21). The lowest BCUT2D eigenvalue weighted by molar-refractivity contribution is -0.138. The molecule has 1 aromatic carbocycles. The van der Waals surface area contributed by atoms with Crippen LogP contribution in [0.2, 0.25) is 0 Å². The number of fused-ring (bicyclic) bond motifs is 1.